The quantitative estimate of drug-likeness (QED) is 0.510. The van der Waals surface area contributed by atoms with E-state index >= 15 is 0 Å². The summed E-state index contributed by atoms with van der Waals surface area (Å²) >= 11 is 0. The lowest BCUT2D eigenvalue weighted by molar-refractivity contribution is -0.115. The van der Waals surface area contributed by atoms with Gasteiger partial charge in [0.05, 0.1) is 0 Å². The molecule has 0 atom stereocenters. The first-order valence-corrected chi connectivity index (χ1v) is 4.47. The van der Waals surface area contributed by atoms with Crippen LogP contribution in [0.25, 0.3) is 0 Å². The number of imide groups is 1. The van der Waals surface area contributed by atoms with Crippen molar-refractivity contribution in [2.75, 3.05) is 0 Å². The summed E-state index contributed by atoms with van der Waals surface area (Å²) in [5, 5.41) is 4.67. The Hall–Kier alpha value is -1.32. The van der Waals surface area contributed by atoms with E-state index < -0.39 is 6.03 Å². The molecule has 4 nitrogen and oxygen atoms in total. The minimum Gasteiger partial charge on any atom is -0.303 e. The SMILES string of the molecule is CCCC/C(C)=C1\NC(=O)NC1=O. The first-order chi connectivity index (χ1) is 6.15. The Labute approximate surface area is 77.4 Å². The molecule has 13 heavy (non-hydrogen) atoms. The number of hydrogen-bond donors (Lipinski definition) is 2. The standard InChI is InChI=1S/C9H14N2O2/c1-3-4-5-6(2)7-8(12)11-9(13)10-7/h3-5H2,1-2H3,(H2,10,11,12,13)/b7-6-. The Kier molecular flexibility index (Phi) is 3.06. The molecule has 1 saturated heterocycles. The first kappa shape index (κ1) is 9.77. The molecule has 1 rings (SSSR count). The highest BCUT2D eigenvalue weighted by molar-refractivity contribution is 6.12. The van der Waals surface area contributed by atoms with Crippen LogP contribution in [0.15, 0.2) is 11.3 Å². The summed E-state index contributed by atoms with van der Waals surface area (Å²) in [5.41, 5.74) is 1.38. The number of unbranched alkanes of at least 4 members (excludes halogenated alkanes) is 1. The zero-order valence-electron chi connectivity index (χ0n) is 7.94. The second-order valence-corrected chi connectivity index (χ2v) is 3.17. The smallest absolute Gasteiger partial charge is 0.303 e. The number of carbonyl (C=O) groups excluding carboxylic acids is 2. The fourth-order valence-electron chi connectivity index (χ4n) is 1.23. The highest BCUT2D eigenvalue weighted by atomic mass is 16.2. The molecule has 1 fully saturated rings. The molecule has 0 unspecified atom stereocenters. The van der Waals surface area contributed by atoms with Gasteiger partial charge in [-0.2, -0.15) is 0 Å². The second-order valence-electron chi connectivity index (χ2n) is 3.17. The lowest BCUT2D eigenvalue weighted by atomic mass is 10.1. The van der Waals surface area contributed by atoms with Gasteiger partial charge in [0.15, 0.2) is 0 Å². The number of carbonyl (C=O) groups is 2. The summed E-state index contributed by atoms with van der Waals surface area (Å²) in [6, 6.07) is -0.421. The van der Waals surface area contributed by atoms with Crippen LogP contribution in [0.1, 0.15) is 33.1 Å². The Morgan fingerprint density at radius 1 is 1.31 bits per heavy atom. The maximum atomic E-state index is 11.1. The Balaban J connectivity index is 2.67. The molecule has 0 saturated carbocycles. The van der Waals surface area contributed by atoms with Crippen LogP contribution < -0.4 is 10.6 Å². The third-order valence-electron chi connectivity index (χ3n) is 2.02. The summed E-state index contributed by atoms with van der Waals surface area (Å²) in [6.07, 6.45) is 2.98. The fourth-order valence-corrected chi connectivity index (χ4v) is 1.23. The van der Waals surface area contributed by atoms with Crippen molar-refractivity contribution in [3.63, 3.8) is 0 Å². The van der Waals surface area contributed by atoms with Gasteiger partial charge in [-0.15, -0.1) is 0 Å². The van der Waals surface area contributed by atoms with Crippen molar-refractivity contribution in [3.05, 3.63) is 11.3 Å². The van der Waals surface area contributed by atoms with Crippen LogP contribution in [-0.2, 0) is 4.79 Å². The minimum absolute atomic E-state index is 0.307. The molecule has 1 aliphatic heterocycles. The van der Waals surface area contributed by atoms with Gasteiger partial charge in [0.2, 0.25) is 0 Å². The van der Waals surface area contributed by atoms with E-state index in [9.17, 15) is 9.59 Å². The second kappa shape index (κ2) is 4.07. The van der Waals surface area contributed by atoms with Crippen LogP contribution >= 0.6 is 0 Å². The van der Waals surface area contributed by atoms with Gasteiger partial charge < -0.3 is 5.32 Å². The topological polar surface area (TPSA) is 58.2 Å². The maximum absolute atomic E-state index is 11.1. The summed E-state index contributed by atoms with van der Waals surface area (Å²) in [4.78, 5) is 21.9. The van der Waals surface area contributed by atoms with E-state index in [0.717, 1.165) is 24.8 Å². The Bertz CT molecular complexity index is 269. The highest BCUT2D eigenvalue weighted by Gasteiger charge is 2.24. The number of rotatable bonds is 3. The van der Waals surface area contributed by atoms with Crippen molar-refractivity contribution < 1.29 is 9.59 Å². The van der Waals surface area contributed by atoms with E-state index in [-0.39, 0.29) is 5.91 Å². The Morgan fingerprint density at radius 2 is 2.00 bits per heavy atom. The van der Waals surface area contributed by atoms with Crippen LogP contribution in [-0.4, -0.2) is 11.9 Å². The van der Waals surface area contributed by atoms with Crippen molar-refractivity contribution in [3.8, 4) is 0 Å². The van der Waals surface area contributed by atoms with Crippen LogP contribution in [0.5, 0.6) is 0 Å². The van der Waals surface area contributed by atoms with Crippen molar-refractivity contribution in [1.29, 1.82) is 0 Å². The number of hydrogen-bond acceptors (Lipinski definition) is 2. The largest absolute Gasteiger partial charge is 0.326 e. The molecule has 3 amide bonds. The molecule has 1 heterocycles. The molecule has 0 aromatic carbocycles. The third kappa shape index (κ3) is 2.31. The van der Waals surface area contributed by atoms with E-state index in [1.54, 1.807) is 0 Å². The molecule has 0 bridgehead atoms. The molecular formula is C9H14N2O2. The summed E-state index contributed by atoms with van der Waals surface area (Å²) in [7, 11) is 0. The molecule has 0 aromatic heterocycles. The van der Waals surface area contributed by atoms with Gasteiger partial charge in [0.1, 0.15) is 5.70 Å². The van der Waals surface area contributed by atoms with Crippen LogP contribution in [0.4, 0.5) is 4.79 Å². The van der Waals surface area contributed by atoms with Crippen molar-refractivity contribution in [1.82, 2.24) is 10.6 Å². The minimum atomic E-state index is -0.421. The van der Waals surface area contributed by atoms with Crippen molar-refractivity contribution in [2.45, 2.75) is 33.1 Å². The van der Waals surface area contributed by atoms with Crippen LogP contribution in [0.2, 0.25) is 0 Å². The molecule has 1 aliphatic rings. The zero-order valence-corrected chi connectivity index (χ0v) is 7.94. The monoisotopic (exact) mass is 182 g/mol. The predicted molar refractivity (Wildman–Crippen MR) is 48.9 cm³/mol. The highest BCUT2D eigenvalue weighted by Crippen LogP contribution is 2.12. The van der Waals surface area contributed by atoms with Gasteiger partial charge in [-0.3, -0.25) is 10.1 Å². The average molecular weight is 182 g/mol. The summed E-state index contributed by atoms with van der Waals surface area (Å²) in [6.45, 7) is 3.96. The van der Waals surface area contributed by atoms with E-state index in [1.165, 1.54) is 0 Å². The van der Waals surface area contributed by atoms with Crippen LogP contribution in [0.3, 0.4) is 0 Å². The molecule has 2 N–H and O–H groups in total. The first-order valence-electron chi connectivity index (χ1n) is 4.47. The number of nitrogens with one attached hydrogen (secondary N) is 2. The maximum Gasteiger partial charge on any atom is 0.326 e. The lowest BCUT2D eigenvalue weighted by Gasteiger charge is -2.01. The normalized spacial score (nSPS) is 19.8. The summed E-state index contributed by atoms with van der Waals surface area (Å²) < 4.78 is 0. The number of allylic oxidation sites excluding steroid dienone is 1. The fraction of sp³-hybridized carbons (Fsp3) is 0.556. The van der Waals surface area contributed by atoms with Crippen molar-refractivity contribution >= 4 is 11.9 Å². The Morgan fingerprint density at radius 3 is 2.46 bits per heavy atom. The molecule has 4 heteroatoms. The average Bonchev–Trinajstić information content (AvgIpc) is 2.41. The lowest BCUT2D eigenvalue weighted by Crippen LogP contribution is -2.22. The third-order valence-corrected chi connectivity index (χ3v) is 2.02. The summed E-state index contributed by atoms with van der Waals surface area (Å²) in [5.74, 6) is -0.307. The van der Waals surface area contributed by atoms with E-state index in [2.05, 4.69) is 17.6 Å². The van der Waals surface area contributed by atoms with E-state index in [1.807, 2.05) is 6.92 Å². The van der Waals surface area contributed by atoms with E-state index in [0.29, 0.717) is 5.70 Å². The van der Waals surface area contributed by atoms with Gasteiger partial charge in [0.25, 0.3) is 5.91 Å². The molecule has 72 valence electrons. The van der Waals surface area contributed by atoms with Crippen LogP contribution in [0, 0.1) is 0 Å². The van der Waals surface area contributed by atoms with Gasteiger partial charge in [0, 0.05) is 0 Å². The van der Waals surface area contributed by atoms with Gasteiger partial charge in [-0.1, -0.05) is 13.3 Å². The predicted octanol–water partition coefficient (Wildman–Crippen LogP) is 1.29. The molecular weight excluding hydrogens is 168 g/mol. The van der Waals surface area contributed by atoms with Gasteiger partial charge in [-0.25, -0.2) is 4.79 Å². The molecule has 0 aromatic rings. The molecule has 0 radical (unpaired) electrons. The van der Waals surface area contributed by atoms with Gasteiger partial charge in [-0.05, 0) is 25.3 Å². The van der Waals surface area contributed by atoms with E-state index in [4.69, 9.17) is 0 Å². The van der Waals surface area contributed by atoms with Gasteiger partial charge >= 0.3 is 6.03 Å². The number of amides is 3. The molecule has 0 spiro atoms. The van der Waals surface area contributed by atoms with Crippen molar-refractivity contribution in [2.24, 2.45) is 0 Å². The number of urea groups is 1. The molecule has 0 aliphatic carbocycles. The zero-order chi connectivity index (χ0) is 9.84.